The number of amides is 1. The van der Waals surface area contributed by atoms with Gasteiger partial charge in [0, 0.05) is 25.3 Å². The molecule has 1 aliphatic heterocycles. The third-order valence-corrected chi connectivity index (χ3v) is 3.78. The minimum absolute atomic E-state index is 0.00614. The molecule has 2 N–H and O–H groups in total. The van der Waals surface area contributed by atoms with Gasteiger partial charge in [-0.05, 0) is 30.2 Å². The Kier molecular flexibility index (Phi) is 5.63. The van der Waals surface area contributed by atoms with Gasteiger partial charge in [0.1, 0.15) is 5.75 Å². The summed E-state index contributed by atoms with van der Waals surface area (Å²) in [6.45, 7) is 0.557. The summed E-state index contributed by atoms with van der Waals surface area (Å²) in [6, 6.07) is 5.49. The van der Waals surface area contributed by atoms with Crippen LogP contribution >= 0.6 is 11.6 Å². The van der Waals surface area contributed by atoms with Gasteiger partial charge in [0.25, 0.3) is 0 Å². The molecule has 22 heavy (non-hydrogen) atoms. The number of rotatable bonds is 6. The van der Waals surface area contributed by atoms with Crippen molar-refractivity contribution in [3.8, 4) is 5.75 Å². The monoisotopic (exact) mass is 326 g/mol. The molecule has 1 amide bonds. The molecule has 1 aliphatic rings. The van der Waals surface area contributed by atoms with E-state index in [1.807, 2.05) is 12.1 Å². The SMILES string of the molecule is COc1ccc2c(c1)CNC(CCC(=O)O)N2C(=O)CCCl. The first-order chi connectivity index (χ1) is 10.6. The van der Waals surface area contributed by atoms with E-state index in [0.29, 0.717) is 18.7 Å². The van der Waals surface area contributed by atoms with Gasteiger partial charge >= 0.3 is 5.97 Å². The van der Waals surface area contributed by atoms with Crippen LogP contribution in [0.5, 0.6) is 5.75 Å². The van der Waals surface area contributed by atoms with E-state index in [1.54, 1.807) is 18.1 Å². The number of halogens is 1. The number of carbonyl (C=O) groups is 2. The largest absolute Gasteiger partial charge is 0.497 e. The number of methoxy groups -OCH3 is 1. The molecule has 1 atom stereocenters. The number of hydrogen-bond donors (Lipinski definition) is 2. The van der Waals surface area contributed by atoms with Gasteiger partial charge in [0.2, 0.25) is 5.91 Å². The minimum Gasteiger partial charge on any atom is -0.497 e. The number of ether oxygens (including phenoxy) is 1. The van der Waals surface area contributed by atoms with Crippen LogP contribution in [0.2, 0.25) is 0 Å². The molecule has 1 aromatic rings. The maximum absolute atomic E-state index is 12.4. The van der Waals surface area contributed by atoms with Crippen molar-refractivity contribution in [1.29, 1.82) is 0 Å². The van der Waals surface area contributed by atoms with E-state index in [0.717, 1.165) is 11.3 Å². The highest BCUT2D eigenvalue weighted by molar-refractivity contribution is 6.19. The lowest BCUT2D eigenvalue weighted by molar-refractivity contribution is -0.137. The fourth-order valence-electron chi connectivity index (χ4n) is 2.55. The molecule has 0 aromatic heterocycles. The Bertz CT molecular complexity index is 564. The molecule has 1 aromatic carbocycles. The summed E-state index contributed by atoms with van der Waals surface area (Å²) in [5.74, 6) is -0.0581. The number of nitrogens with zero attached hydrogens (tertiary/aromatic N) is 1. The topological polar surface area (TPSA) is 78.9 Å². The number of aliphatic carboxylic acids is 1. The zero-order valence-corrected chi connectivity index (χ0v) is 13.1. The number of hydrogen-bond acceptors (Lipinski definition) is 4. The Morgan fingerprint density at radius 3 is 2.86 bits per heavy atom. The summed E-state index contributed by atoms with van der Waals surface area (Å²) in [5, 5.41) is 12.1. The quantitative estimate of drug-likeness (QED) is 0.781. The standard InChI is InChI=1S/C15H19ClN2O4/c1-22-11-2-3-12-10(8-11)9-17-13(4-5-15(20)21)18(12)14(19)6-7-16/h2-3,8,13,17H,4-7,9H2,1H3,(H,20,21). The molecule has 0 saturated carbocycles. The number of alkyl halides is 1. The van der Waals surface area contributed by atoms with E-state index in [2.05, 4.69) is 5.32 Å². The highest BCUT2D eigenvalue weighted by Crippen LogP contribution is 2.31. The summed E-state index contributed by atoms with van der Waals surface area (Å²) >= 11 is 5.68. The number of carbonyl (C=O) groups excluding carboxylic acids is 1. The Balaban J connectivity index is 2.30. The van der Waals surface area contributed by atoms with Gasteiger partial charge in [0.05, 0.1) is 19.0 Å². The lowest BCUT2D eigenvalue weighted by Gasteiger charge is -2.38. The van der Waals surface area contributed by atoms with Crippen molar-refractivity contribution in [2.75, 3.05) is 17.9 Å². The summed E-state index contributed by atoms with van der Waals surface area (Å²) in [4.78, 5) is 24.8. The first-order valence-electron chi connectivity index (χ1n) is 7.07. The van der Waals surface area contributed by atoms with Crippen molar-refractivity contribution >= 4 is 29.2 Å². The molecule has 2 rings (SSSR count). The predicted octanol–water partition coefficient (Wildman–Crippen LogP) is 1.95. The molecule has 0 bridgehead atoms. The van der Waals surface area contributed by atoms with E-state index in [9.17, 15) is 9.59 Å². The van der Waals surface area contributed by atoms with Crippen LogP contribution in [0.15, 0.2) is 18.2 Å². The number of anilines is 1. The van der Waals surface area contributed by atoms with Crippen molar-refractivity contribution in [2.45, 2.75) is 32.0 Å². The van der Waals surface area contributed by atoms with Crippen LogP contribution in [0.4, 0.5) is 5.69 Å². The van der Waals surface area contributed by atoms with Crippen molar-refractivity contribution < 1.29 is 19.4 Å². The van der Waals surface area contributed by atoms with Gasteiger partial charge in [-0.1, -0.05) is 0 Å². The molecule has 0 radical (unpaired) electrons. The molecular weight excluding hydrogens is 308 g/mol. The number of carboxylic acid groups (broad SMARTS) is 1. The smallest absolute Gasteiger partial charge is 0.303 e. The number of fused-ring (bicyclic) bond motifs is 1. The van der Waals surface area contributed by atoms with Crippen LogP contribution in [0.1, 0.15) is 24.8 Å². The van der Waals surface area contributed by atoms with Crippen molar-refractivity contribution in [2.24, 2.45) is 0 Å². The van der Waals surface area contributed by atoms with Crippen LogP contribution in [-0.2, 0) is 16.1 Å². The summed E-state index contributed by atoms with van der Waals surface area (Å²) in [5.41, 5.74) is 1.72. The van der Waals surface area contributed by atoms with E-state index in [1.165, 1.54) is 0 Å². The zero-order valence-electron chi connectivity index (χ0n) is 12.3. The molecule has 0 spiro atoms. The van der Waals surface area contributed by atoms with Gasteiger partial charge in [-0.25, -0.2) is 0 Å². The maximum Gasteiger partial charge on any atom is 0.303 e. The van der Waals surface area contributed by atoms with Gasteiger partial charge < -0.3 is 9.84 Å². The molecule has 0 saturated heterocycles. The minimum atomic E-state index is -0.882. The predicted molar refractivity (Wildman–Crippen MR) is 83.3 cm³/mol. The first-order valence-corrected chi connectivity index (χ1v) is 7.60. The second-order valence-corrected chi connectivity index (χ2v) is 5.40. The Hall–Kier alpha value is -1.79. The third kappa shape index (κ3) is 3.69. The fourth-order valence-corrected chi connectivity index (χ4v) is 2.71. The van der Waals surface area contributed by atoms with Gasteiger partial charge in [0.15, 0.2) is 0 Å². The molecule has 1 unspecified atom stereocenters. The Morgan fingerprint density at radius 1 is 1.45 bits per heavy atom. The Labute approximate surface area is 134 Å². The van der Waals surface area contributed by atoms with E-state index in [-0.39, 0.29) is 30.8 Å². The lowest BCUT2D eigenvalue weighted by Crippen LogP contribution is -2.52. The van der Waals surface area contributed by atoms with Gasteiger partial charge in [-0.2, -0.15) is 0 Å². The highest BCUT2D eigenvalue weighted by Gasteiger charge is 2.30. The zero-order chi connectivity index (χ0) is 16.1. The Morgan fingerprint density at radius 2 is 2.23 bits per heavy atom. The lowest BCUT2D eigenvalue weighted by atomic mass is 10.0. The van der Waals surface area contributed by atoms with Crippen LogP contribution < -0.4 is 15.0 Å². The molecule has 7 heteroatoms. The average Bonchev–Trinajstić information content (AvgIpc) is 2.51. The summed E-state index contributed by atoms with van der Waals surface area (Å²) in [6.07, 6.45) is 0.202. The van der Waals surface area contributed by atoms with Crippen LogP contribution in [0, 0.1) is 0 Å². The van der Waals surface area contributed by atoms with Crippen molar-refractivity contribution in [1.82, 2.24) is 5.32 Å². The van der Waals surface area contributed by atoms with Gasteiger partial charge in [-0.3, -0.25) is 19.8 Å². The first kappa shape index (κ1) is 16.6. The number of nitrogens with one attached hydrogen (secondary N) is 1. The summed E-state index contributed by atoms with van der Waals surface area (Å²) < 4.78 is 5.20. The molecule has 0 fully saturated rings. The second-order valence-electron chi connectivity index (χ2n) is 5.03. The van der Waals surface area contributed by atoms with Crippen molar-refractivity contribution in [3.05, 3.63) is 23.8 Å². The number of carboxylic acids is 1. The maximum atomic E-state index is 12.4. The highest BCUT2D eigenvalue weighted by atomic mass is 35.5. The normalized spacial score (nSPS) is 17.0. The molecule has 6 nitrogen and oxygen atoms in total. The molecule has 1 heterocycles. The van der Waals surface area contributed by atoms with Gasteiger partial charge in [-0.15, -0.1) is 11.6 Å². The number of benzene rings is 1. The van der Waals surface area contributed by atoms with E-state index >= 15 is 0 Å². The van der Waals surface area contributed by atoms with Crippen LogP contribution in [0.3, 0.4) is 0 Å². The molecular formula is C15H19ClN2O4. The van der Waals surface area contributed by atoms with Crippen molar-refractivity contribution in [3.63, 3.8) is 0 Å². The summed E-state index contributed by atoms with van der Waals surface area (Å²) in [7, 11) is 1.59. The van der Waals surface area contributed by atoms with E-state index < -0.39 is 5.97 Å². The van der Waals surface area contributed by atoms with Crippen LogP contribution in [0.25, 0.3) is 0 Å². The van der Waals surface area contributed by atoms with Crippen LogP contribution in [-0.4, -0.2) is 36.1 Å². The van der Waals surface area contributed by atoms with E-state index in [4.69, 9.17) is 21.4 Å². The fraction of sp³-hybridized carbons (Fsp3) is 0.467. The average molecular weight is 327 g/mol. The second kappa shape index (κ2) is 7.47. The molecule has 0 aliphatic carbocycles. The third-order valence-electron chi connectivity index (χ3n) is 3.59. The molecule has 120 valence electrons.